The molecule has 1 heterocycles. The Labute approximate surface area is 116 Å². The first-order valence-corrected chi connectivity index (χ1v) is 7.02. The summed E-state index contributed by atoms with van der Waals surface area (Å²) < 4.78 is 5.24. The van der Waals surface area contributed by atoms with Crippen molar-refractivity contribution in [1.29, 1.82) is 0 Å². The molecule has 8 heteroatoms. The van der Waals surface area contributed by atoms with Crippen LogP contribution in [-0.2, 0) is 6.42 Å². The smallest absolute Gasteiger partial charge is 0.274 e. The van der Waals surface area contributed by atoms with Gasteiger partial charge in [0.2, 0.25) is 0 Å². The molecular formula is C11H18N4O3S. The van der Waals surface area contributed by atoms with Crippen LogP contribution in [0.5, 0.6) is 0 Å². The molecule has 0 unspecified atom stereocenters. The Hall–Kier alpha value is -1.70. The molecule has 0 saturated heterocycles. The molecular weight excluding hydrogens is 268 g/mol. The third-order valence-electron chi connectivity index (χ3n) is 2.38. The average molecular weight is 286 g/mol. The van der Waals surface area contributed by atoms with Crippen molar-refractivity contribution in [1.82, 2.24) is 15.6 Å². The number of thioether (sulfide) groups is 1. The number of oxazole rings is 1. The standard InChI is InChI=1S/C11H18N4O3S/c1-9-10(18-8-14-9)3-5-19-6-4-13-11(12-2)7-15(16)17/h7-8,12-13H,3-6H2,1-2H3. The van der Waals surface area contributed by atoms with Gasteiger partial charge in [-0.05, 0) is 6.92 Å². The van der Waals surface area contributed by atoms with Crippen LogP contribution in [-0.4, -0.2) is 35.0 Å². The van der Waals surface area contributed by atoms with E-state index in [-0.39, 0.29) is 0 Å². The fourth-order valence-corrected chi connectivity index (χ4v) is 2.18. The molecule has 0 spiro atoms. The van der Waals surface area contributed by atoms with Crippen LogP contribution in [0.3, 0.4) is 0 Å². The number of nitrogens with zero attached hydrogens (tertiary/aromatic N) is 2. The molecule has 2 N–H and O–H groups in total. The van der Waals surface area contributed by atoms with Gasteiger partial charge in [0.15, 0.2) is 12.2 Å². The van der Waals surface area contributed by atoms with E-state index in [0.717, 1.165) is 35.6 Å². The fraction of sp³-hybridized carbons (Fsp3) is 0.545. The minimum absolute atomic E-state index is 0.414. The Morgan fingerprint density at radius 3 is 3.00 bits per heavy atom. The molecule has 0 aliphatic carbocycles. The highest BCUT2D eigenvalue weighted by Gasteiger charge is 2.03. The molecule has 1 rings (SSSR count). The lowest BCUT2D eigenvalue weighted by Gasteiger charge is -2.07. The van der Waals surface area contributed by atoms with Crippen molar-refractivity contribution in [2.75, 3.05) is 25.1 Å². The highest BCUT2D eigenvalue weighted by Crippen LogP contribution is 2.09. The first kappa shape index (κ1) is 15.4. The van der Waals surface area contributed by atoms with E-state index in [1.165, 1.54) is 6.39 Å². The van der Waals surface area contributed by atoms with E-state index >= 15 is 0 Å². The summed E-state index contributed by atoms with van der Waals surface area (Å²) in [6.45, 7) is 2.59. The largest absolute Gasteiger partial charge is 0.448 e. The monoisotopic (exact) mass is 286 g/mol. The molecule has 7 nitrogen and oxygen atoms in total. The average Bonchev–Trinajstić information content (AvgIpc) is 2.77. The van der Waals surface area contributed by atoms with Crippen molar-refractivity contribution in [3.63, 3.8) is 0 Å². The number of rotatable bonds is 9. The van der Waals surface area contributed by atoms with E-state index in [1.807, 2.05) is 6.92 Å². The van der Waals surface area contributed by atoms with Gasteiger partial charge in [-0.1, -0.05) is 0 Å². The van der Waals surface area contributed by atoms with Crippen LogP contribution >= 0.6 is 11.8 Å². The maximum atomic E-state index is 10.3. The summed E-state index contributed by atoms with van der Waals surface area (Å²) in [5, 5.41) is 16.0. The lowest BCUT2D eigenvalue weighted by molar-refractivity contribution is -0.404. The summed E-state index contributed by atoms with van der Waals surface area (Å²) in [7, 11) is 1.64. The number of nitrogens with one attached hydrogen (secondary N) is 2. The molecule has 0 saturated carbocycles. The summed E-state index contributed by atoms with van der Waals surface area (Å²) in [5.41, 5.74) is 0.935. The predicted octanol–water partition coefficient (Wildman–Crippen LogP) is 1.14. The third kappa shape index (κ3) is 6.14. The van der Waals surface area contributed by atoms with Gasteiger partial charge in [-0.25, -0.2) is 4.98 Å². The van der Waals surface area contributed by atoms with E-state index in [1.54, 1.807) is 18.8 Å². The van der Waals surface area contributed by atoms with Crippen LogP contribution in [0.1, 0.15) is 11.5 Å². The van der Waals surface area contributed by atoms with Crippen LogP contribution in [0.2, 0.25) is 0 Å². The van der Waals surface area contributed by atoms with Gasteiger partial charge in [0.1, 0.15) is 5.76 Å². The summed E-state index contributed by atoms with van der Waals surface area (Å²) in [6, 6.07) is 0. The second kappa shape index (κ2) is 8.41. The topological polar surface area (TPSA) is 93.2 Å². The SMILES string of the molecule is CNC(=C[N+](=O)[O-])NCCSCCc1ocnc1C. The van der Waals surface area contributed by atoms with E-state index in [0.29, 0.717) is 12.4 Å². The summed E-state index contributed by atoms with van der Waals surface area (Å²) >= 11 is 1.76. The number of aromatic nitrogens is 1. The molecule has 0 aliphatic heterocycles. The Balaban J connectivity index is 2.11. The molecule has 0 bridgehead atoms. The first-order chi connectivity index (χ1) is 9.13. The molecule has 0 aliphatic rings. The van der Waals surface area contributed by atoms with Gasteiger partial charge in [0.25, 0.3) is 6.20 Å². The van der Waals surface area contributed by atoms with Gasteiger partial charge in [0, 0.05) is 31.5 Å². The first-order valence-electron chi connectivity index (χ1n) is 5.87. The number of hydrogen-bond donors (Lipinski definition) is 2. The molecule has 19 heavy (non-hydrogen) atoms. The maximum Gasteiger partial charge on any atom is 0.274 e. The Kier molecular flexibility index (Phi) is 6.80. The van der Waals surface area contributed by atoms with Crippen LogP contribution in [0, 0.1) is 17.0 Å². The van der Waals surface area contributed by atoms with Crippen LogP contribution < -0.4 is 10.6 Å². The quantitative estimate of drug-likeness (QED) is 0.399. The van der Waals surface area contributed by atoms with Crippen molar-refractivity contribution in [2.45, 2.75) is 13.3 Å². The van der Waals surface area contributed by atoms with Crippen molar-refractivity contribution in [2.24, 2.45) is 0 Å². The van der Waals surface area contributed by atoms with Crippen LogP contribution in [0.15, 0.2) is 22.8 Å². The Morgan fingerprint density at radius 2 is 2.42 bits per heavy atom. The fourth-order valence-electron chi connectivity index (χ4n) is 1.39. The van der Waals surface area contributed by atoms with Crippen molar-refractivity contribution >= 4 is 11.8 Å². The zero-order valence-corrected chi connectivity index (χ0v) is 11.8. The van der Waals surface area contributed by atoms with Crippen LogP contribution in [0.25, 0.3) is 0 Å². The minimum atomic E-state index is -0.487. The zero-order chi connectivity index (χ0) is 14.1. The van der Waals surface area contributed by atoms with E-state index in [2.05, 4.69) is 15.6 Å². The molecule has 106 valence electrons. The second-order valence-corrected chi connectivity index (χ2v) is 4.95. The predicted molar refractivity (Wildman–Crippen MR) is 74.4 cm³/mol. The molecule has 1 aromatic heterocycles. The lowest BCUT2D eigenvalue weighted by atomic mass is 10.3. The van der Waals surface area contributed by atoms with Crippen LogP contribution in [0.4, 0.5) is 0 Å². The van der Waals surface area contributed by atoms with E-state index in [4.69, 9.17) is 4.42 Å². The van der Waals surface area contributed by atoms with Gasteiger partial charge in [0.05, 0.1) is 10.6 Å². The summed E-state index contributed by atoms with van der Waals surface area (Å²) in [5.74, 6) is 3.14. The van der Waals surface area contributed by atoms with E-state index in [9.17, 15) is 10.1 Å². The molecule has 1 aromatic rings. The molecule has 0 fully saturated rings. The second-order valence-electron chi connectivity index (χ2n) is 3.73. The zero-order valence-electron chi connectivity index (χ0n) is 11.0. The molecule has 0 aromatic carbocycles. The maximum absolute atomic E-state index is 10.3. The normalized spacial score (nSPS) is 11.4. The number of aryl methyl sites for hydroxylation is 2. The lowest BCUT2D eigenvalue weighted by Crippen LogP contribution is -2.26. The molecule has 0 atom stereocenters. The van der Waals surface area contributed by atoms with Gasteiger partial charge < -0.3 is 15.1 Å². The molecule has 0 radical (unpaired) electrons. The Bertz CT molecular complexity index is 433. The van der Waals surface area contributed by atoms with Gasteiger partial charge in [-0.2, -0.15) is 11.8 Å². The van der Waals surface area contributed by atoms with Crippen molar-refractivity contribution in [3.8, 4) is 0 Å². The van der Waals surface area contributed by atoms with Gasteiger partial charge >= 0.3 is 0 Å². The summed E-state index contributed by atoms with van der Waals surface area (Å²) in [6.07, 6.45) is 3.22. The number of nitro groups is 1. The van der Waals surface area contributed by atoms with Gasteiger partial charge in [-0.15, -0.1) is 0 Å². The highest BCUT2D eigenvalue weighted by molar-refractivity contribution is 7.99. The van der Waals surface area contributed by atoms with Gasteiger partial charge in [-0.3, -0.25) is 10.1 Å². The Morgan fingerprint density at radius 1 is 1.63 bits per heavy atom. The van der Waals surface area contributed by atoms with Crippen molar-refractivity contribution in [3.05, 3.63) is 40.0 Å². The summed E-state index contributed by atoms with van der Waals surface area (Å²) in [4.78, 5) is 13.8. The third-order valence-corrected chi connectivity index (χ3v) is 3.37. The molecule has 0 amide bonds. The number of hydrogen-bond acceptors (Lipinski definition) is 7. The highest BCUT2D eigenvalue weighted by atomic mass is 32.2. The van der Waals surface area contributed by atoms with E-state index < -0.39 is 4.92 Å². The van der Waals surface area contributed by atoms with Crippen molar-refractivity contribution < 1.29 is 9.34 Å². The minimum Gasteiger partial charge on any atom is -0.448 e.